The Morgan fingerprint density at radius 1 is 1.32 bits per heavy atom. The topological polar surface area (TPSA) is 42.2 Å². The predicted octanol–water partition coefficient (Wildman–Crippen LogP) is 4.22. The SMILES string of the molecule is C=CCN=c1scc(-c2ccc(C)cc2)n1NC(=C)c1cccnc1. The molecular weight excluding hydrogens is 328 g/mol. The first-order valence-corrected chi connectivity index (χ1v) is 8.82. The molecule has 3 aromatic rings. The van der Waals surface area contributed by atoms with Gasteiger partial charge in [0.2, 0.25) is 4.80 Å². The largest absolute Gasteiger partial charge is 0.292 e. The maximum absolute atomic E-state index is 4.58. The molecule has 5 heteroatoms. The Kier molecular flexibility index (Phi) is 5.26. The van der Waals surface area contributed by atoms with Gasteiger partial charge in [0.25, 0.3) is 0 Å². The van der Waals surface area contributed by atoms with Crippen LogP contribution in [0, 0.1) is 6.92 Å². The molecule has 0 spiro atoms. The highest BCUT2D eigenvalue weighted by atomic mass is 32.1. The summed E-state index contributed by atoms with van der Waals surface area (Å²) in [5, 5.41) is 2.09. The number of nitrogens with zero attached hydrogens (tertiary/aromatic N) is 3. The van der Waals surface area contributed by atoms with E-state index in [0.717, 1.165) is 27.3 Å². The quantitative estimate of drug-likeness (QED) is 0.678. The first-order chi connectivity index (χ1) is 12.2. The van der Waals surface area contributed by atoms with Gasteiger partial charge in [0.15, 0.2) is 0 Å². The van der Waals surface area contributed by atoms with Crippen molar-refractivity contribution in [1.29, 1.82) is 0 Å². The second-order valence-electron chi connectivity index (χ2n) is 5.57. The summed E-state index contributed by atoms with van der Waals surface area (Å²) >= 11 is 1.58. The average Bonchev–Trinajstić information content (AvgIpc) is 3.04. The van der Waals surface area contributed by atoms with E-state index < -0.39 is 0 Å². The Morgan fingerprint density at radius 3 is 2.80 bits per heavy atom. The molecule has 0 bridgehead atoms. The van der Waals surface area contributed by atoms with E-state index in [0.29, 0.717) is 6.54 Å². The maximum Gasteiger partial charge on any atom is 0.204 e. The van der Waals surface area contributed by atoms with Gasteiger partial charge in [-0.3, -0.25) is 15.4 Å². The van der Waals surface area contributed by atoms with E-state index in [-0.39, 0.29) is 0 Å². The van der Waals surface area contributed by atoms with Gasteiger partial charge in [-0.25, -0.2) is 4.68 Å². The standard InChI is InChI=1S/C20H20N4S/c1-4-11-22-20-24(23-16(3)18-6-5-12-21-13-18)19(14-25-20)17-9-7-15(2)8-10-17/h4-10,12-14,23H,1,3,11H2,2H3. The fourth-order valence-corrected chi connectivity index (χ4v) is 3.19. The molecule has 2 aromatic heterocycles. The van der Waals surface area contributed by atoms with Crippen molar-refractivity contribution in [3.63, 3.8) is 0 Å². The van der Waals surface area contributed by atoms with E-state index in [1.165, 1.54) is 5.56 Å². The highest BCUT2D eigenvalue weighted by Crippen LogP contribution is 2.21. The third-order valence-electron chi connectivity index (χ3n) is 3.67. The molecule has 2 heterocycles. The fraction of sp³-hybridized carbons (Fsp3) is 0.100. The van der Waals surface area contributed by atoms with Gasteiger partial charge in [0, 0.05) is 28.9 Å². The minimum absolute atomic E-state index is 0.564. The molecule has 0 aliphatic heterocycles. The third kappa shape index (κ3) is 3.95. The van der Waals surface area contributed by atoms with Gasteiger partial charge in [-0.05, 0) is 19.1 Å². The van der Waals surface area contributed by atoms with Gasteiger partial charge in [-0.1, -0.05) is 42.5 Å². The van der Waals surface area contributed by atoms with Crippen molar-refractivity contribution in [2.24, 2.45) is 4.99 Å². The van der Waals surface area contributed by atoms with Crippen molar-refractivity contribution in [2.75, 3.05) is 12.0 Å². The van der Waals surface area contributed by atoms with Gasteiger partial charge in [-0.15, -0.1) is 17.9 Å². The van der Waals surface area contributed by atoms with Crippen molar-refractivity contribution >= 4 is 17.0 Å². The van der Waals surface area contributed by atoms with Gasteiger partial charge in [0.05, 0.1) is 17.9 Å². The summed E-state index contributed by atoms with van der Waals surface area (Å²) in [4.78, 5) is 9.59. The number of hydrogen-bond acceptors (Lipinski definition) is 4. The summed E-state index contributed by atoms with van der Waals surface area (Å²) in [6.07, 6.45) is 5.32. The number of pyridine rings is 1. The van der Waals surface area contributed by atoms with Crippen LogP contribution in [0.1, 0.15) is 11.1 Å². The zero-order valence-electron chi connectivity index (χ0n) is 14.1. The van der Waals surface area contributed by atoms with E-state index in [4.69, 9.17) is 0 Å². The highest BCUT2D eigenvalue weighted by Gasteiger charge is 2.09. The van der Waals surface area contributed by atoms with Crippen LogP contribution in [0.4, 0.5) is 0 Å². The number of rotatable bonds is 6. The molecule has 25 heavy (non-hydrogen) atoms. The molecule has 1 aromatic carbocycles. The van der Waals surface area contributed by atoms with Crippen LogP contribution < -0.4 is 10.2 Å². The monoisotopic (exact) mass is 348 g/mol. The minimum atomic E-state index is 0.564. The van der Waals surface area contributed by atoms with E-state index in [1.807, 2.05) is 16.8 Å². The molecule has 0 saturated heterocycles. The molecule has 0 saturated carbocycles. The molecule has 0 aliphatic carbocycles. The van der Waals surface area contributed by atoms with Crippen molar-refractivity contribution < 1.29 is 0 Å². The van der Waals surface area contributed by atoms with Crippen molar-refractivity contribution in [2.45, 2.75) is 6.92 Å². The Hall–Kier alpha value is -2.92. The Bertz CT molecular complexity index is 934. The summed E-state index contributed by atoms with van der Waals surface area (Å²) < 4.78 is 1.97. The molecule has 1 N–H and O–H groups in total. The first-order valence-electron chi connectivity index (χ1n) is 7.94. The Balaban J connectivity index is 2.02. The van der Waals surface area contributed by atoms with Crippen molar-refractivity contribution in [1.82, 2.24) is 9.66 Å². The van der Waals surface area contributed by atoms with Crippen LogP contribution in [-0.2, 0) is 0 Å². The second kappa shape index (κ2) is 7.77. The first kappa shape index (κ1) is 16.9. The molecule has 0 atom stereocenters. The summed E-state index contributed by atoms with van der Waals surface area (Å²) in [5.74, 6) is 0. The summed E-state index contributed by atoms with van der Waals surface area (Å²) in [5.41, 5.74) is 8.45. The van der Waals surface area contributed by atoms with E-state index >= 15 is 0 Å². The predicted molar refractivity (Wildman–Crippen MR) is 106 cm³/mol. The number of thiazole rings is 1. The molecule has 3 rings (SSSR count). The number of nitrogens with one attached hydrogen (secondary N) is 1. The Morgan fingerprint density at radius 2 is 2.12 bits per heavy atom. The molecule has 0 aliphatic rings. The van der Waals surface area contributed by atoms with Crippen LogP contribution in [0.2, 0.25) is 0 Å². The van der Waals surface area contributed by atoms with Gasteiger partial charge in [0.1, 0.15) is 0 Å². The van der Waals surface area contributed by atoms with E-state index in [9.17, 15) is 0 Å². The van der Waals surface area contributed by atoms with Crippen LogP contribution in [0.15, 0.2) is 78.4 Å². The molecule has 0 amide bonds. The van der Waals surface area contributed by atoms with Crippen molar-refractivity contribution in [3.8, 4) is 11.3 Å². The smallest absolute Gasteiger partial charge is 0.204 e. The van der Waals surface area contributed by atoms with Crippen LogP contribution >= 0.6 is 11.3 Å². The van der Waals surface area contributed by atoms with Gasteiger partial charge >= 0.3 is 0 Å². The summed E-state index contributed by atoms with van der Waals surface area (Å²) in [6, 6.07) is 12.3. The average molecular weight is 348 g/mol. The third-order valence-corrected chi connectivity index (χ3v) is 4.53. The normalized spacial score (nSPS) is 11.3. The van der Waals surface area contributed by atoms with Crippen LogP contribution in [0.3, 0.4) is 0 Å². The van der Waals surface area contributed by atoms with Crippen LogP contribution in [-0.4, -0.2) is 16.2 Å². The van der Waals surface area contributed by atoms with Crippen molar-refractivity contribution in [3.05, 3.63) is 89.3 Å². The molecule has 0 fully saturated rings. The lowest BCUT2D eigenvalue weighted by atomic mass is 10.1. The number of benzene rings is 1. The number of hydrogen-bond donors (Lipinski definition) is 1. The van der Waals surface area contributed by atoms with Crippen LogP contribution in [0.25, 0.3) is 17.0 Å². The highest BCUT2D eigenvalue weighted by molar-refractivity contribution is 7.07. The molecular formula is C20H20N4S. The fourth-order valence-electron chi connectivity index (χ4n) is 2.34. The molecule has 4 nitrogen and oxygen atoms in total. The number of aryl methyl sites for hydroxylation is 1. The Labute approximate surface area is 151 Å². The summed E-state index contributed by atoms with van der Waals surface area (Å²) in [6.45, 7) is 10.5. The lowest BCUT2D eigenvalue weighted by molar-refractivity contribution is 0.904. The second-order valence-corrected chi connectivity index (χ2v) is 6.40. The van der Waals surface area contributed by atoms with Crippen LogP contribution in [0.5, 0.6) is 0 Å². The number of aromatic nitrogens is 2. The lowest BCUT2D eigenvalue weighted by Gasteiger charge is -2.14. The van der Waals surface area contributed by atoms with Gasteiger partial charge in [-0.2, -0.15) is 0 Å². The summed E-state index contributed by atoms with van der Waals surface area (Å²) in [7, 11) is 0. The maximum atomic E-state index is 4.58. The van der Waals surface area contributed by atoms with E-state index in [1.54, 1.807) is 29.8 Å². The zero-order valence-corrected chi connectivity index (χ0v) is 15.0. The molecule has 126 valence electrons. The zero-order chi connectivity index (χ0) is 17.6. The van der Waals surface area contributed by atoms with E-state index in [2.05, 4.69) is 65.1 Å². The lowest BCUT2D eigenvalue weighted by Crippen LogP contribution is -2.25. The van der Waals surface area contributed by atoms with Gasteiger partial charge < -0.3 is 0 Å². The minimum Gasteiger partial charge on any atom is -0.292 e. The molecule has 0 unspecified atom stereocenters. The molecule has 0 radical (unpaired) electrons.